The van der Waals surface area contributed by atoms with Gasteiger partial charge in [-0.2, -0.15) is 9.41 Å². The van der Waals surface area contributed by atoms with Crippen LogP contribution >= 0.6 is 0 Å². The zero-order chi connectivity index (χ0) is 21.6. The number of phenols is 1. The Labute approximate surface area is 168 Å². The smallest absolute Gasteiger partial charge is 0.295 e. The second-order valence-corrected chi connectivity index (χ2v) is 7.76. The molecule has 2 aromatic carbocycles. The van der Waals surface area contributed by atoms with Gasteiger partial charge in [-0.3, -0.25) is 15.5 Å². The average molecular weight is 422 g/mol. The fourth-order valence-corrected chi connectivity index (χ4v) is 4.04. The molecule has 0 saturated heterocycles. The van der Waals surface area contributed by atoms with Crippen LogP contribution in [0.2, 0.25) is 0 Å². The quantitative estimate of drug-likeness (QED) is 0.360. The third-order valence-electron chi connectivity index (χ3n) is 4.13. The van der Waals surface area contributed by atoms with Crippen molar-refractivity contribution in [2.24, 2.45) is 5.10 Å². The molecule has 0 fully saturated rings. The van der Waals surface area contributed by atoms with Crippen LogP contribution < -0.4 is 10.2 Å². The van der Waals surface area contributed by atoms with Gasteiger partial charge in [0.25, 0.3) is 5.69 Å². The molecule has 0 bridgehead atoms. The van der Waals surface area contributed by atoms with Crippen LogP contribution in [-0.2, 0) is 10.0 Å². The second kappa shape index (κ2) is 9.34. The van der Waals surface area contributed by atoms with Gasteiger partial charge in [-0.05, 0) is 30.3 Å². The highest BCUT2D eigenvalue weighted by Gasteiger charge is 2.25. The first kappa shape index (κ1) is 22.1. The predicted molar refractivity (Wildman–Crippen MR) is 109 cm³/mol. The summed E-state index contributed by atoms with van der Waals surface area (Å²) in [5.41, 5.74) is 2.41. The number of aromatic hydroxyl groups is 1. The Morgan fingerprint density at radius 1 is 1.24 bits per heavy atom. The number of methoxy groups -OCH3 is 1. The van der Waals surface area contributed by atoms with E-state index in [0.29, 0.717) is 11.3 Å². The summed E-state index contributed by atoms with van der Waals surface area (Å²) in [6.45, 7) is 3.88. The Hall–Kier alpha value is -3.18. The molecular weight excluding hydrogens is 400 g/mol. The average Bonchev–Trinajstić information content (AvgIpc) is 2.70. The number of hydrogen-bond donors (Lipinski definition) is 2. The van der Waals surface area contributed by atoms with E-state index in [0.717, 1.165) is 6.07 Å². The van der Waals surface area contributed by atoms with E-state index in [9.17, 15) is 23.6 Å². The lowest BCUT2D eigenvalue weighted by Crippen LogP contribution is -2.30. The molecule has 0 aliphatic carbocycles. The fraction of sp³-hybridized carbons (Fsp3) is 0.278. The molecule has 2 rings (SSSR count). The minimum atomic E-state index is -3.84. The number of phenolic OH excluding ortho intramolecular Hbond substituents is 1. The first-order valence-corrected chi connectivity index (χ1v) is 10.1. The van der Waals surface area contributed by atoms with Crippen LogP contribution in [0.1, 0.15) is 19.4 Å². The first-order chi connectivity index (χ1) is 13.7. The van der Waals surface area contributed by atoms with Gasteiger partial charge < -0.3 is 9.84 Å². The van der Waals surface area contributed by atoms with Crippen molar-refractivity contribution in [1.29, 1.82) is 0 Å². The van der Waals surface area contributed by atoms with Gasteiger partial charge in [0.15, 0.2) is 0 Å². The molecule has 0 radical (unpaired) electrons. The monoisotopic (exact) mass is 422 g/mol. The van der Waals surface area contributed by atoms with Crippen molar-refractivity contribution >= 4 is 27.6 Å². The molecule has 11 heteroatoms. The summed E-state index contributed by atoms with van der Waals surface area (Å²) in [6, 6.07) is 8.08. The summed E-state index contributed by atoms with van der Waals surface area (Å²) in [4.78, 5) is 10.6. The maximum absolute atomic E-state index is 12.6. The number of benzene rings is 2. The Balaban J connectivity index is 2.34. The second-order valence-electron chi connectivity index (χ2n) is 5.82. The molecule has 156 valence electrons. The summed E-state index contributed by atoms with van der Waals surface area (Å²) < 4.78 is 31.5. The molecule has 0 amide bonds. The van der Waals surface area contributed by atoms with Gasteiger partial charge in [0, 0.05) is 24.7 Å². The molecule has 0 atom stereocenters. The SMILES string of the molecule is CCN(CC)S(=O)(=O)c1ccc(N/N=C/c2cc(OC)ccc2O)c([N+](=O)[O-])c1. The number of nitro groups is 1. The number of anilines is 1. The van der Waals surface area contributed by atoms with Crippen LogP contribution in [0.25, 0.3) is 0 Å². The van der Waals surface area contributed by atoms with Crippen molar-refractivity contribution in [2.45, 2.75) is 18.7 Å². The van der Waals surface area contributed by atoms with Crippen molar-refractivity contribution in [3.05, 3.63) is 52.1 Å². The molecule has 0 spiro atoms. The molecule has 0 unspecified atom stereocenters. The molecule has 0 aromatic heterocycles. The molecule has 0 saturated carbocycles. The lowest BCUT2D eigenvalue weighted by Gasteiger charge is -2.18. The van der Waals surface area contributed by atoms with E-state index < -0.39 is 20.6 Å². The van der Waals surface area contributed by atoms with Crippen LogP contribution in [0.3, 0.4) is 0 Å². The normalized spacial score (nSPS) is 11.7. The molecule has 2 N–H and O–H groups in total. The van der Waals surface area contributed by atoms with Crippen LogP contribution in [-0.4, -0.2) is 49.2 Å². The topological polar surface area (TPSA) is 134 Å². The first-order valence-electron chi connectivity index (χ1n) is 8.69. The number of nitrogens with zero attached hydrogens (tertiary/aromatic N) is 3. The van der Waals surface area contributed by atoms with E-state index >= 15 is 0 Å². The van der Waals surface area contributed by atoms with Crippen LogP contribution in [0.15, 0.2) is 46.4 Å². The van der Waals surface area contributed by atoms with Crippen molar-refractivity contribution in [3.8, 4) is 11.5 Å². The summed E-state index contributed by atoms with van der Waals surface area (Å²) >= 11 is 0. The number of nitrogens with one attached hydrogen (secondary N) is 1. The third kappa shape index (κ3) is 5.00. The van der Waals surface area contributed by atoms with E-state index in [2.05, 4.69) is 10.5 Å². The molecule has 0 heterocycles. The van der Waals surface area contributed by atoms with Crippen LogP contribution in [0, 0.1) is 10.1 Å². The summed E-state index contributed by atoms with van der Waals surface area (Å²) in [5.74, 6) is 0.452. The van der Waals surface area contributed by atoms with E-state index in [1.54, 1.807) is 19.9 Å². The minimum absolute atomic E-state index is 0.00660. The van der Waals surface area contributed by atoms with E-state index in [1.165, 1.54) is 41.9 Å². The van der Waals surface area contributed by atoms with Gasteiger partial charge in [0.1, 0.15) is 17.2 Å². The molecule has 0 aliphatic rings. The minimum Gasteiger partial charge on any atom is -0.507 e. The Morgan fingerprint density at radius 3 is 2.52 bits per heavy atom. The Bertz CT molecular complexity index is 1020. The van der Waals surface area contributed by atoms with Gasteiger partial charge >= 0.3 is 0 Å². The number of rotatable bonds is 9. The summed E-state index contributed by atoms with van der Waals surface area (Å²) in [5, 5.41) is 25.2. The molecule has 2 aromatic rings. The number of hydrazone groups is 1. The number of nitro benzene ring substituents is 1. The zero-order valence-corrected chi connectivity index (χ0v) is 17.0. The van der Waals surface area contributed by atoms with Crippen molar-refractivity contribution in [2.75, 3.05) is 25.6 Å². The molecule has 10 nitrogen and oxygen atoms in total. The third-order valence-corrected chi connectivity index (χ3v) is 6.18. The van der Waals surface area contributed by atoms with Crippen LogP contribution in [0.5, 0.6) is 11.5 Å². The lowest BCUT2D eigenvalue weighted by atomic mass is 10.2. The largest absolute Gasteiger partial charge is 0.507 e. The van der Waals surface area contributed by atoms with E-state index in [-0.39, 0.29) is 29.4 Å². The highest BCUT2D eigenvalue weighted by atomic mass is 32.2. The van der Waals surface area contributed by atoms with Gasteiger partial charge in [-0.1, -0.05) is 13.8 Å². The molecule has 0 aliphatic heterocycles. The highest BCUT2D eigenvalue weighted by Crippen LogP contribution is 2.29. The van der Waals surface area contributed by atoms with E-state index in [4.69, 9.17) is 4.74 Å². The predicted octanol–water partition coefficient (Wildman–Crippen LogP) is 2.79. The summed E-state index contributed by atoms with van der Waals surface area (Å²) in [6.07, 6.45) is 1.27. The van der Waals surface area contributed by atoms with Crippen molar-refractivity contribution < 1.29 is 23.2 Å². The van der Waals surface area contributed by atoms with Gasteiger partial charge in [0.2, 0.25) is 10.0 Å². The van der Waals surface area contributed by atoms with Crippen molar-refractivity contribution in [3.63, 3.8) is 0 Å². The van der Waals surface area contributed by atoms with Gasteiger partial charge in [-0.15, -0.1) is 0 Å². The van der Waals surface area contributed by atoms with Crippen molar-refractivity contribution in [1.82, 2.24) is 4.31 Å². The maximum atomic E-state index is 12.6. The molecule has 29 heavy (non-hydrogen) atoms. The van der Waals surface area contributed by atoms with Gasteiger partial charge in [0.05, 0.1) is 23.1 Å². The number of ether oxygens (including phenoxy) is 1. The zero-order valence-electron chi connectivity index (χ0n) is 16.2. The van der Waals surface area contributed by atoms with E-state index in [1.807, 2.05) is 0 Å². The van der Waals surface area contributed by atoms with Gasteiger partial charge in [-0.25, -0.2) is 8.42 Å². The standard InChI is InChI=1S/C18H22N4O6S/c1-4-21(5-2)29(26,27)15-7-8-16(17(11-15)22(24)25)20-19-12-13-10-14(28-3)6-9-18(13)23/h6-12,20,23H,4-5H2,1-3H3/b19-12+. The number of sulfonamides is 1. The molecular formula is C18H22N4O6S. The fourth-order valence-electron chi connectivity index (χ4n) is 2.56. The highest BCUT2D eigenvalue weighted by molar-refractivity contribution is 7.89. The Kier molecular flexibility index (Phi) is 7.13. The van der Waals surface area contributed by atoms with Crippen LogP contribution in [0.4, 0.5) is 11.4 Å². The Morgan fingerprint density at radius 2 is 1.93 bits per heavy atom. The lowest BCUT2D eigenvalue weighted by molar-refractivity contribution is -0.384. The summed E-state index contributed by atoms with van der Waals surface area (Å²) in [7, 11) is -2.36. The maximum Gasteiger partial charge on any atom is 0.295 e. The number of hydrogen-bond acceptors (Lipinski definition) is 8.